The van der Waals surface area contributed by atoms with Crippen LogP contribution in [0.15, 0.2) is 18.2 Å². The van der Waals surface area contributed by atoms with E-state index in [-0.39, 0.29) is 24.9 Å². The fraction of sp³-hybridized carbons (Fsp3) is 0.467. The summed E-state index contributed by atoms with van der Waals surface area (Å²) < 4.78 is 0. The van der Waals surface area contributed by atoms with Gasteiger partial charge in [-0.15, -0.1) is 0 Å². The molecule has 6 heteroatoms. The van der Waals surface area contributed by atoms with E-state index in [1.165, 1.54) is 18.5 Å². The standard InChI is InChI=1S/C15H22N4O2/c1-11-8-12(19-6-2-3-7-19)4-5-13(11)18-15(21)10-17-14(20)9-16/h4-5,8H,2-3,6-7,9-10,16H2,1H3,(H,17,20)(H,18,21). The molecule has 0 radical (unpaired) electrons. The average molecular weight is 290 g/mol. The molecule has 114 valence electrons. The zero-order chi connectivity index (χ0) is 15.2. The molecule has 1 heterocycles. The average Bonchev–Trinajstić information content (AvgIpc) is 3.01. The Morgan fingerprint density at radius 1 is 1.24 bits per heavy atom. The summed E-state index contributed by atoms with van der Waals surface area (Å²) in [5, 5.41) is 5.24. The molecule has 1 aromatic carbocycles. The Hall–Kier alpha value is -2.08. The Morgan fingerprint density at radius 3 is 2.57 bits per heavy atom. The lowest BCUT2D eigenvalue weighted by Crippen LogP contribution is -2.36. The van der Waals surface area contributed by atoms with Gasteiger partial charge in [-0.2, -0.15) is 0 Å². The maximum absolute atomic E-state index is 11.7. The molecule has 6 nitrogen and oxygen atoms in total. The lowest BCUT2D eigenvalue weighted by Gasteiger charge is -2.19. The highest BCUT2D eigenvalue weighted by Crippen LogP contribution is 2.25. The van der Waals surface area contributed by atoms with Gasteiger partial charge in [0, 0.05) is 24.5 Å². The van der Waals surface area contributed by atoms with Crippen molar-refractivity contribution in [2.45, 2.75) is 19.8 Å². The van der Waals surface area contributed by atoms with Crippen LogP contribution < -0.4 is 21.3 Å². The zero-order valence-electron chi connectivity index (χ0n) is 12.3. The van der Waals surface area contributed by atoms with Crippen molar-refractivity contribution in [1.82, 2.24) is 5.32 Å². The summed E-state index contributed by atoms with van der Waals surface area (Å²) in [4.78, 5) is 25.1. The van der Waals surface area contributed by atoms with Crippen LogP contribution in [-0.2, 0) is 9.59 Å². The first-order valence-corrected chi connectivity index (χ1v) is 7.22. The maximum Gasteiger partial charge on any atom is 0.243 e. The predicted octanol–water partition coefficient (Wildman–Crippen LogP) is 0.609. The van der Waals surface area contributed by atoms with Gasteiger partial charge in [-0.05, 0) is 43.5 Å². The third-order valence-corrected chi connectivity index (χ3v) is 3.59. The van der Waals surface area contributed by atoms with Crippen molar-refractivity contribution in [2.24, 2.45) is 5.73 Å². The Morgan fingerprint density at radius 2 is 1.95 bits per heavy atom. The van der Waals surface area contributed by atoms with Crippen LogP contribution in [0.25, 0.3) is 0 Å². The largest absolute Gasteiger partial charge is 0.372 e. The van der Waals surface area contributed by atoms with Gasteiger partial charge in [0.2, 0.25) is 11.8 Å². The van der Waals surface area contributed by atoms with Crippen molar-refractivity contribution in [2.75, 3.05) is 36.4 Å². The van der Waals surface area contributed by atoms with E-state index >= 15 is 0 Å². The van der Waals surface area contributed by atoms with Gasteiger partial charge in [-0.3, -0.25) is 9.59 Å². The Labute approximate surface area is 124 Å². The molecule has 4 N–H and O–H groups in total. The van der Waals surface area contributed by atoms with E-state index in [2.05, 4.69) is 21.6 Å². The molecule has 0 aliphatic carbocycles. The summed E-state index contributed by atoms with van der Waals surface area (Å²) >= 11 is 0. The number of nitrogens with zero attached hydrogens (tertiary/aromatic N) is 1. The Bertz CT molecular complexity index is 524. The van der Waals surface area contributed by atoms with E-state index in [1.807, 2.05) is 19.1 Å². The molecular weight excluding hydrogens is 268 g/mol. The monoisotopic (exact) mass is 290 g/mol. The minimum absolute atomic E-state index is 0.0661. The number of nitrogens with one attached hydrogen (secondary N) is 2. The highest BCUT2D eigenvalue weighted by molar-refractivity contribution is 5.95. The molecule has 1 fully saturated rings. The number of carbonyl (C=O) groups is 2. The first-order valence-electron chi connectivity index (χ1n) is 7.22. The van der Waals surface area contributed by atoms with Crippen LogP contribution in [0.1, 0.15) is 18.4 Å². The van der Waals surface area contributed by atoms with Crippen LogP contribution in [-0.4, -0.2) is 38.0 Å². The van der Waals surface area contributed by atoms with Gasteiger partial charge < -0.3 is 21.3 Å². The summed E-state index contributed by atoms with van der Waals surface area (Å²) in [6, 6.07) is 6.01. The van der Waals surface area contributed by atoms with Gasteiger partial charge in [0.25, 0.3) is 0 Å². The maximum atomic E-state index is 11.7. The molecule has 1 saturated heterocycles. The quantitative estimate of drug-likeness (QED) is 0.741. The number of rotatable bonds is 5. The topological polar surface area (TPSA) is 87.5 Å². The van der Waals surface area contributed by atoms with E-state index in [4.69, 9.17) is 5.73 Å². The zero-order valence-corrected chi connectivity index (χ0v) is 12.3. The lowest BCUT2D eigenvalue weighted by molar-refractivity contribution is -0.123. The number of carbonyl (C=O) groups excluding carboxylic acids is 2. The van der Waals surface area contributed by atoms with Gasteiger partial charge in [-0.1, -0.05) is 0 Å². The number of nitrogens with two attached hydrogens (primary N) is 1. The van der Waals surface area contributed by atoms with Crippen molar-refractivity contribution < 1.29 is 9.59 Å². The first-order chi connectivity index (χ1) is 10.1. The molecular formula is C15H22N4O2. The van der Waals surface area contributed by atoms with E-state index in [1.54, 1.807) is 0 Å². The summed E-state index contributed by atoms with van der Waals surface area (Å²) in [6.45, 7) is 3.97. The fourth-order valence-corrected chi connectivity index (χ4v) is 2.41. The molecule has 1 aliphatic heterocycles. The van der Waals surface area contributed by atoms with E-state index in [9.17, 15) is 9.59 Å². The second kappa shape index (κ2) is 7.08. The molecule has 0 aromatic heterocycles. The van der Waals surface area contributed by atoms with Crippen molar-refractivity contribution in [3.8, 4) is 0 Å². The Kier molecular flexibility index (Phi) is 5.16. The van der Waals surface area contributed by atoms with Crippen LogP contribution in [0.2, 0.25) is 0 Å². The molecule has 0 bridgehead atoms. The molecule has 0 atom stereocenters. The van der Waals surface area contributed by atoms with Crippen molar-refractivity contribution in [3.63, 3.8) is 0 Å². The fourth-order valence-electron chi connectivity index (χ4n) is 2.41. The molecule has 0 unspecified atom stereocenters. The second-order valence-electron chi connectivity index (χ2n) is 5.22. The highest BCUT2D eigenvalue weighted by atomic mass is 16.2. The van der Waals surface area contributed by atoms with Gasteiger partial charge >= 0.3 is 0 Å². The molecule has 21 heavy (non-hydrogen) atoms. The molecule has 2 amide bonds. The van der Waals surface area contributed by atoms with Crippen LogP contribution in [0.5, 0.6) is 0 Å². The van der Waals surface area contributed by atoms with Gasteiger partial charge in [0.15, 0.2) is 0 Å². The third-order valence-electron chi connectivity index (χ3n) is 3.59. The van der Waals surface area contributed by atoms with Crippen LogP contribution in [0.3, 0.4) is 0 Å². The van der Waals surface area contributed by atoms with Gasteiger partial charge in [-0.25, -0.2) is 0 Å². The normalized spacial score (nSPS) is 14.1. The minimum atomic E-state index is -0.341. The van der Waals surface area contributed by atoms with Gasteiger partial charge in [0.05, 0.1) is 13.1 Å². The smallest absolute Gasteiger partial charge is 0.243 e. The summed E-state index contributed by atoms with van der Waals surface area (Å²) in [5.41, 5.74) is 8.14. The van der Waals surface area contributed by atoms with Crippen molar-refractivity contribution >= 4 is 23.2 Å². The first kappa shape index (κ1) is 15.3. The second-order valence-corrected chi connectivity index (χ2v) is 5.22. The molecule has 2 rings (SSSR count). The Balaban J connectivity index is 1.94. The minimum Gasteiger partial charge on any atom is -0.372 e. The van der Waals surface area contributed by atoms with E-state index < -0.39 is 0 Å². The summed E-state index contributed by atoms with van der Waals surface area (Å²) in [7, 11) is 0. The van der Waals surface area contributed by atoms with Gasteiger partial charge in [0.1, 0.15) is 0 Å². The number of benzene rings is 1. The molecule has 1 aliphatic rings. The number of amides is 2. The lowest BCUT2D eigenvalue weighted by atomic mass is 10.1. The SMILES string of the molecule is Cc1cc(N2CCCC2)ccc1NC(=O)CNC(=O)CN. The van der Waals surface area contributed by atoms with Crippen molar-refractivity contribution in [3.05, 3.63) is 23.8 Å². The molecule has 0 saturated carbocycles. The molecule has 1 aromatic rings. The number of anilines is 2. The summed E-state index contributed by atoms with van der Waals surface area (Å²) in [6.07, 6.45) is 2.47. The highest BCUT2D eigenvalue weighted by Gasteiger charge is 2.13. The number of hydrogen-bond acceptors (Lipinski definition) is 4. The van der Waals surface area contributed by atoms with E-state index in [0.717, 1.165) is 24.3 Å². The van der Waals surface area contributed by atoms with Crippen LogP contribution >= 0.6 is 0 Å². The van der Waals surface area contributed by atoms with E-state index in [0.29, 0.717) is 0 Å². The third kappa shape index (κ3) is 4.19. The van der Waals surface area contributed by atoms with Crippen LogP contribution in [0.4, 0.5) is 11.4 Å². The predicted molar refractivity (Wildman–Crippen MR) is 83.3 cm³/mol. The molecule has 0 spiro atoms. The number of hydrogen-bond donors (Lipinski definition) is 3. The van der Waals surface area contributed by atoms with Crippen LogP contribution in [0, 0.1) is 6.92 Å². The summed E-state index contributed by atoms with van der Waals surface area (Å²) in [5.74, 6) is -0.597. The number of aryl methyl sites for hydroxylation is 1. The van der Waals surface area contributed by atoms with Crippen molar-refractivity contribution in [1.29, 1.82) is 0 Å².